The summed E-state index contributed by atoms with van der Waals surface area (Å²) < 4.78 is 14.1. The molecule has 0 saturated heterocycles. The Kier molecular flexibility index (Phi) is 5.83. The lowest BCUT2D eigenvalue weighted by atomic mass is 9.89. The van der Waals surface area contributed by atoms with E-state index in [0.29, 0.717) is 30.1 Å². The Bertz CT molecular complexity index is 668. The van der Waals surface area contributed by atoms with Crippen LogP contribution in [0.25, 0.3) is 0 Å². The highest BCUT2D eigenvalue weighted by atomic mass is 79.9. The molecule has 1 aromatic rings. The van der Waals surface area contributed by atoms with E-state index in [1.165, 1.54) is 23.3 Å². The smallest absolute Gasteiger partial charge is 0.0871 e. The Labute approximate surface area is 156 Å². The zero-order valence-corrected chi connectivity index (χ0v) is 16.4. The molecule has 1 atom stereocenters. The second kappa shape index (κ2) is 7.71. The lowest BCUT2D eigenvalue weighted by Crippen LogP contribution is -2.14. The number of hydrogen-bond acceptors (Lipinski definition) is 3. The topological polar surface area (TPSA) is 38.4 Å². The van der Waals surface area contributed by atoms with Gasteiger partial charge in [0.15, 0.2) is 0 Å². The van der Waals surface area contributed by atoms with Crippen molar-refractivity contribution < 1.29 is 4.39 Å². The minimum Gasteiger partial charge on any atom is -0.327 e. The normalized spacial score (nSPS) is 21.7. The molecule has 2 nitrogen and oxygen atoms in total. The van der Waals surface area contributed by atoms with Gasteiger partial charge < -0.3 is 5.73 Å². The Balaban J connectivity index is 1.86. The molecule has 1 unspecified atom stereocenters. The summed E-state index contributed by atoms with van der Waals surface area (Å²) in [5.41, 5.74) is 8.74. The molecule has 0 radical (unpaired) electrons. The van der Waals surface area contributed by atoms with Gasteiger partial charge in [-0.2, -0.15) is 0 Å². The van der Waals surface area contributed by atoms with Crippen molar-refractivity contribution >= 4 is 39.6 Å². The Hall–Kier alpha value is -0.650. The van der Waals surface area contributed by atoms with Gasteiger partial charge in [-0.15, -0.1) is 11.8 Å². The van der Waals surface area contributed by atoms with Crippen molar-refractivity contribution in [2.75, 3.05) is 6.54 Å². The zero-order valence-electron chi connectivity index (χ0n) is 14.0. The van der Waals surface area contributed by atoms with Crippen molar-refractivity contribution in [3.8, 4) is 0 Å². The van der Waals surface area contributed by atoms with Crippen LogP contribution >= 0.6 is 27.7 Å². The number of halogens is 2. The van der Waals surface area contributed by atoms with Crippen LogP contribution in [0.5, 0.6) is 0 Å². The van der Waals surface area contributed by atoms with E-state index in [4.69, 9.17) is 5.73 Å². The van der Waals surface area contributed by atoms with Crippen LogP contribution in [0, 0.1) is 0 Å². The van der Waals surface area contributed by atoms with Crippen LogP contribution in [0.15, 0.2) is 38.4 Å². The van der Waals surface area contributed by atoms with E-state index in [0.717, 1.165) is 29.4 Å². The van der Waals surface area contributed by atoms with Crippen molar-refractivity contribution in [1.29, 1.82) is 0 Å². The molecule has 0 amide bonds. The third-order valence-corrected chi connectivity index (χ3v) is 7.37. The van der Waals surface area contributed by atoms with Crippen molar-refractivity contribution in [3.05, 3.63) is 34.1 Å². The number of unbranched alkanes of at least 4 members (excludes halogenated alkanes) is 1. The number of rotatable bonds is 7. The van der Waals surface area contributed by atoms with E-state index in [9.17, 15) is 4.39 Å². The average molecular weight is 411 g/mol. The molecule has 3 rings (SSSR count). The molecule has 0 spiro atoms. The second-order valence-corrected chi connectivity index (χ2v) is 8.82. The number of nitrogens with two attached hydrogens (primary N) is 1. The van der Waals surface area contributed by atoms with Gasteiger partial charge in [-0.3, -0.25) is 4.99 Å². The fraction of sp³-hybridized carbons (Fsp3) is 0.526. The van der Waals surface area contributed by atoms with E-state index >= 15 is 0 Å². The predicted octanol–water partition coefficient (Wildman–Crippen LogP) is 6.05. The molecule has 0 bridgehead atoms. The number of hydrogen-bond donors (Lipinski definition) is 1. The van der Waals surface area contributed by atoms with E-state index < -0.39 is 0 Å². The van der Waals surface area contributed by atoms with E-state index in [1.54, 1.807) is 0 Å². The first-order valence-corrected chi connectivity index (χ1v) is 10.3. The summed E-state index contributed by atoms with van der Waals surface area (Å²) in [5.74, 6) is 0. The average Bonchev–Trinajstić information content (AvgIpc) is 3.39. The first-order chi connectivity index (χ1) is 11.6. The number of thioether (sulfide) groups is 1. The van der Waals surface area contributed by atoms with Gasteiger partial charge in [-0.1, -0.05) is 25.8 Å². The fourth-order valence-electron chi connectivity index (χ4n) is 3.34. The van der Waals surface area contributed by atoms with Gasteiger partial charge >= 0.3 is 0 Å². The monoisotopic (exact) mass is 410 g/mol. The first-order valence-electron chi connectivity index (χ1n) is 8.65. The summed E-state index contributed by atoms with van der Waals surface area (Å²) in [6.07, 6.45) is 9.26. The molecule has 1 aliphatic heterocycles. The molecule has 24 heavy (non-hydrogen) atoms. The summed E-state index contributed by atoms with van der Waals surface area (Å²) in [6, 6.07) is 4.27. The zero-order chi connectivity index (χ0) is 17.2. The molecule has 1 saturated carbocycles. The Morgan fingerprint density at radius 1 is 1.50 bits per heavy atom. The molecule has 1 heterocycles. The van der Waals surface area contributed by atoms with Crippen LogP contribution in [0.4, 0.5) is 10.1 Å². The highest BCUT2D eigenvalue weighted by Gasteiger charge is 2.46. The quantitative estimate of drug-likeness (QED) is 0.593. The van der Waals surface area contributed by atoms with Crippen molar-refractivity contribution in [2.24, 2.45) is 10.7 Å². The highest BCUT2D eigenvalue weighted by molar-refractivity contribution is 9.10. The van der Waals surface area contributed by atoms with Crippen LogP contribution in [-0.4, -0.2) is 18.0 Å². The van der Waals surface area contributed by atoms with Crippen LogP contribution in [-0.2, 0) is 5.41 Å². The summed E-state index contributed by atoms with van der Waals surface area (Å²) in [5, 5.41) is 0.449. The highest BCUT2D eigenvalue weighted by Crippen LogP contribution is 2.57. The number of nitrogens with zero attached hydrogens (tertiary/aromatic N) is 1. The molecule has 2 N–H and O–H groups in total. The summed E-state index contributed by atoms with van der Waals surface area (Å²) >= 11 is 5.74. The van der Waals surface area contributed by atoms with Crippen molar-refractivity contribution in [1.82, 2.24) is 0 Å². The molecule has 1 aromatic carbocycles. The summed E-state index contributed by atoms with van der Waals surface area (Å²) in [4.78, 5) is 5.89. The minimum atomic E-state index is 0.0474. The van der Waals surface area contributed by atoms with Gasteiger partial charge in [-0.05, 0) is 58.8 Å². The van der Waals surface area contributed by atoms with Crippen LogP contribution < -0.4 is 5.73 Å². The molecule has 5 heteroatoms. The largest absolute Gasteiger partial charge is 0.327 e. The maximum absolute atomic E-state index is 13.0. The van der Waals surface area contributed by atoms with Gasteiger partial charge in [0.1, 0.15) is 0 Å². The van der Waals surface area contributed by atoms with E-state index in [2.05, 4.69) is 46.2 Å². The van der Waals surface area contributed by atoms with Gasteiger partial charge in [0.2, 0.25) is 0 Å². The third-order valence-electron chi connectivity index (χ3n) is 4.97. The number of benzene rings is 1. The van der Waals surface area contributed by atoms with Crippen LogP contribution in [0.2, 0.25) is 0 Å². The van der Waals surface area contributed by atoms with Gasteiger partial charge in [0.05, 0.1) is 12.0 Å². The summed E-state index contributed by atoms with van der Waals surface area (Å²) in [7, 11) is 0. The van der Waals surface area contributed by atoms with Crippen molar-refractivity contribution in [2.45, 2.75) is 61.0 Å². The maximum atomic E-state index is 13.0. The van der Waals surface area contributed by atoms with Gasteiger partial charge in [0.25, 0.3) is 0 Å². The molecule has 1 aliphatic carbocycles. The Morgan fingerprint density at radius 2 is 2.29 bits per heavy atom. The molecule has 1 fully saturated rings. The van der Waals surface area contributed by atoms with Crippen molar-refractivity contribution in [3.63, 3.8) is 0 Å². The summed E-state index contributed by atoms with van der Waals surface area (Å²) in [6.45, 7) is 2.51. The van der Waals surface area contributed by atoms with Crippen LogP contribution in [0.3, 0.4) is 0 Å². The molecule has 0 aromatic heterocycles. The Morgan fingerprint density at radius 3 is 2.92 bits per heavy atom. The number of aliphatic imine (C=N–C) groups is 1. The lowest BCUT2D eigenvalue weighted by Gasteiger charge is -2.24. The first kappa shape index (κ1) is 18.2. The fourth-order valence-corrected chi connectivity index (χ4v) is 5.54. The molecule has 2 aliphatic rings. The van der Waals surface area contributed by atoms with Crippen LogP contribution in [0.1, 0.15) is 51.0 Å². The van der Waals surface area contributed by atoms with E-state index in [1.807, 2.05) is 11.8 Å². The molecular weight excluding hydrogens is 387 g/mol. The second-order valence-electron chi connectivity index (χ2n) is 6.78. The van der Waals surface area contributed by atoms with E-state index in [-0.39, 0.29) is 5.41 Å². The van der Waals surface area contributed by atoms with Gasteiger partial charge in [-0.25, -0.2) is 4.39 Å². The maximum Gasteiger partial charge on any atom is 0.0871 e. The lowest BCUT2D eigenvalue weighted by molar-refractivity contribution is 0.632. The predicted molar refractivity (Wildman–Crippen MR) is 105 cm³/mol. The standard InChI is InChI=1S/C19H24BrFN2S/c1-2-3-4-14-12-23-16-6-5-15(17(20)18(16)24-14)19(7-8-19)9-13(10-21)11-22/h5-6,10,12,14H,2-4,7-9,11,22H2,1H3/b13-10-. The number of fused-ring (bicyclic) bond motifs is 1. The van der Waals surface area contributed by atoms with Gasteiger partial charge in [0, 0.05) is 32.8 Å². The molecular formula is C19H24BrFN2S. The third kappa shape index (κ3) is 3.63. The minimum absolute atomic E-state index is 0.0474. The molecule has 130 valence electrons. The SMILES string of the molecule is CCCCC1C=Nc2ccc(C3(C/C(=C/F)CN)CC3)c(Br)c2S1.